The summed E-state index contributed by atoms with van der Waals surface area (Å²) < 4.78 is 5.73. The number of nitrogens with one attached hydrogen (secondary N) is 1. The van der Waals surface area contributed by atoms with E-state index in [9.17, 15) is 4.79 Å². The number of nitrogen functional groups attached to an aromatic ring is 1. The summed E-state index contributed by atoms with van der Waals surface area (Å²) in [5, 5.41) is 2.94. The summed E-state index contributed by atoms with van der Waals surface area (Å²) in [5.41, 5.74) is 8.11. The third-order valence-corrected chi connectivity index (χ3v) is 3.61. The Labute approximate surface area is 143 Å². The molecule has 0 atom stereocenters. The molecule has 0 spiro atoms. The number of rotatable bonds is 8. The number of para-hydroxylation sites is 1. The smallest absolute Gasteiger partial charge is 0.255 e. The van der Waals surface area contributed by atoms with E-state index in [1.807, 2.05) is 61.5 Å². The number of likely N-dealkylation sites (N-methyl/N-ethyl adjacent to an activating group) is 1. The fraction of sp³-hybridized carbons (Fsp3) is 0.316. The van der Waals surface area contributed by atoms with Crippen LogP contribution in [-0.2, 0) is 6.42 Å². The summed E-state index contributed by atoms with van der Waals surface area (Å²) in [6.45, 7) is 1.91. The van der Waals surface area contributed by atoms with E-state index in [-0.39, 0.29) is 5.91 Å². The molecule has 0 heterocycles. The number of anilines is 1. The van der Waals surface area contributed by atoms with E-state index in [0.717, 1.165) is 24.2 Å². The molecule has 0 radical (unpaired) electrons. The lowest BCUT2D eigenvalue weighted by Crippen LogP contribution is -2.26. The first-order valence-electron chi connectivity index (χ1n) is 8.05. The summed E-state index contributed by atoms with van der Waals surface area (Å²) in [6.07, 6.45) is 0.760. The van der Waals surface area contributed by atoms with Crippen molar-refractivity contribution in [2.24, 2.45) is 0 Å². The molecular formula is C19H25N3O2. The number of benzene rings is 2. The largest absolute Gasteiger partial charge is 0.491 e. The topological polar surface area (TPSA) is 67.6 Å². The van der Waals surface area contributed by atoms with Crippen molar-refractivity contribution in [2.45, 2.75) is 6.42 Å². The van der Waals surface area contributed by atoms with E-state index < -0.39 is 0 Å². The van der Waals surface area contributed by atoms with E-state index in [4.69, 9.17) is 10.5 Å². The minimum Gasteiger partial charge on any atom is -0.491 e. The van der Waals surface area contributed by atoms with Crippen LogP contribution in [0.5, 0.6) is 5.75 Å². The number of ether oxygens (including phenoxy) is 1. The van der Waals surface area contributed by atoms with Gasteiger partial charge < -0.3 is 20.7 Å². The minimum atomic E-state index is -0.120. The fourth-order valence-electron chi connectivity index (χ4n) is 2.22. The highest BCUT2D eigenvalue weighted by Crippen LogP contribution is 2.17. The zero-order valence-electron chi connectivity index (χ0n) is 14.3. The molecule has 0 saturated heterocycles. The Morgan fingerprint density at radius 2 is 1.83 bits per heavy atom. The predicted molar refractivity (Wildman–Crippen MR) is 97.4 cm³/mol. The van der Waals surface area contributed by atoms with Crippen molar-refractivity contribution >= 4 is 11.6 Å². The Kier molecular flexibility index (Phi) is 6.63. The molecule has 128 valence electrons. The number of hydrogen-bond acceptors (Lipinski definition) is 4. The van der Waals surface area contributed by atoms with Gasteiger partial charge in [-0.05, 0) is 50.3 Å². The second-order valence-corrected chi connectivity index (χ2v) is 5.90. The zero-order chi connectivity index (χ0) is 17.4. The van der Waals surface area contributed by atoms with Gasteiger partial charge in [0.2, 0.25) is 0 Å². The number of amides is 1. The van der Waals surface area contributed by atoms with Crippen LogP contribution in [0.3, 0.4) is 0 Å². The van der Waals surface area contributed by atoms with Crippen LogP contribution < -0.4 is 15.8 Å². The summed E-state index contributed by atoms with van der Waals surface area (Å²) >= 11 is 0. The molecule has 0 aliphatic rings. The Bertz CT molecular complexity index is 654. The first kappa shape index (κ1) is 17.8. The lowest BCUT2D eigenvalue weighted by atomic mass is 10.1. The van der Waals surface area contributed by atoms with E-state index in [1.54, 1.807) is 6.07 Å². The highest BCUT2D eigenvalue weighted by atomic mass is 16.5. The van der Waals surface area contributed by atoms with Crippen molar-refractivity contribution in [3.8, 4) is 5.75 Å². The zero-order valence-corrected chi connectivity index (χ0v) is 14.3. The van der Waals surface area contributed by atoms with Crippen molar-refractivity contribution in [3.05, 3.63) is 59.7 Å². The first-order valence-corrected chi connectivity index (χ1v) is 8.05. The van der Waals surface area contributed by atoms with Crippen LogP contribution in [0.4, 0.5) is 5.69 Å². The molecule has 2 aromatic carbocycles. The quantitative estimate of drug-likeness (QED) is 0.729. The van der Waals surface area contributed by atoms with E-state index >= 15 is 0 Å². The number of nitrogens with two attached hydrogens (primary N) is 1. The van der Waals surface area contributed by atoms with Crippen molar-refractivity contribution < 1.29 is 9.53 Å². The molecule has 0 aliphatic carbocycles. The normalized spacial score (nSPS) is 10.6. The van der Waals surface area contributed by atoms with E-state index in [0.29, 0.717) is 24.5 Å². The van der Waals surface area contributed by atoms with Crippen LogP contribution in [0.25, 0.3) is 0 Å². The highest BCUT2D eigenvalue weighted by Gasteiger charge is 2.11. The molecular weight excluding hydrogens is 302 g/mol. The highest BCUT2D eigenvalue weighted by molar-refractivity contribution is 5.96. The van der Waals surface area contributed by atoms with Gasteiger partial charge in [-0.1, -0.05) is 24.3 Å². The number of carbonyl (C=O) groups is 1. The van der Waals surface area contributed by atoms with Gasteiger partial charge in [0.05, 0.1) is 5.56 Å². The van der Waals surface area contributed by atoms with E-state index in [1.165, 1.54) is 0 Å². The maximum atomic E-state index is 12.4. The summed E-state index contributed by atoms with van der Waals surface area (Å²) in [6, 6.07) is 15.0. The third-order valence-electron chi connectivity index (χ3n) is 3.61. The van der Waals surface area contributed by atoms with Gasteiger partial charge in [-0.25, -0.2) is 0 Å². The molecule has 2 aromatic rings. The second kappa shape index (κ2) is 8.93. The Hall–Kier alpha value is -2.53. The van der Waals surface area contributed by atoms with Crippen LogP contribution in [0.2, 0.25) is 0 Å². The molecule has 5 nitrogen and oxygen atoms in total. The van der Waals surface area contributed by atoms with Gasteiger partial charge in [-0.2, -0.15) is 0 Å². The Morgan fingerprint density at radius 3 is 2.54 bits per heavy atom. The molecule has 2 rings (SSSR count). The molecule has 5 heteroatoms. The van der Waals surface area contributed by atoms with Crippen molar-refractivity contribution in [3.63, 3.8) is 0 Å². The molecule has 3 N–H and O–H groups in total. The predicted octanol–water partition coefficient (Wildman–Crippen LogP) is 2.18. The van der Waals surface area contributed by atoms with Crippen LogP contribution in [0.15, 0.2) is 48.5 Å². The van der Waals surface area contributed by atoms with Gasteiger partial charge in [0.15, 0.2) is 0 Å². The Morgan fingerprint density at radius 1 is 1.12 bits per heavy atom. The Balaban J connectivity index is 1.88. The van der Waals surface area contributed by atoms with Gasteiger partial charge >= 0.3 is 0 Å². The van der Waals surface area contributed by atoms with Gasteiger partial charge in [-0.15, -0.1) is 0 Å². The second-order valence-electron chi connectivity index (χ2n) is 5.90. The van der Waals surface area contributed by atoms with Gasteiger partial charge in [0, 0.05) is 18.8 Å². The number of hydrogen-bond donors (Lipinski definition) is 2. The van der Waals surface area contributed by atoms with Crippen LogP contribution in [0, 0.1) is 0 Å². The average molecular weight is 327 g/mol. The van der Waals surface area contributed by atoms with E-state index in [2.05, 4.69) is 5.32 Å². The average Bonchev–Trinajstić information content (AvgIpc) is 2.56. The van der Waals surface area contributed by atoms with Crippen molar-refractivity contribution in [1.29, 1.82) is 0 Å². The summed E-state index contributed by atoms with van der Waals surface area (Å²) in [7, 11) is 3.97. The van der Waals surface area contributed by atoms with Gasteiger partial charge in [0.1, 0.15) is 12.4 Å². The molecule has 0 bridgehead atoms. The molecule has 0 aromatic heterocycles. The molecule has 1 amide bonds. The fourth-order valence-corrected chi connectivity index (χ4v) is 2.22. The molecule has 0 fully saturated rings. The van der Waals surface area contributed by atoms with Crippen molar-refractivity contribution in [1.82, 2.24) is 10.2 Å². The number of carbonyl (C=O) groups excluding carboxylic acids is 1. The van der Waals surface area contributed by atoms with Crippen LogP contribution >= 0.6 is 0 Å². The van der Waals surface area contributed by atoms with Gasteiger partial charge in [-0.3, -0.25) is 4.79 Å². The standard InChI is InChI=1S/C19H25N3O2/c1-22(2)13-14-24-18-6-4-3-5-17(18)19(23)21-12-11-15-7-9-16(20)10-8-15/h3-10H,11-14,20H2,1-2H3,(H,21,23). The van der Waals surface area contributed by atoms with Crippen molar-refractivity contribution in [2.75, 3.05) is 39.5 Å². The molecule has 0 saturated carbocycles. The lowest BCUT2D eigenvalue weighted by Gasteiger charge is -2.14. The molecule has 0 aliphatic heterocycles. The maximum absolute atomic E-state index is 12.4. The number of nitrogens with zero attached hydrogens (tertiary/aromatic N) is 1. The monoisotopic (exact) mass is 327 g/mol. The van der Waals surface area contributed by atoms with Crippen LogP contribution in [0.1, 0.15) is 15.9 Å². The first-order chi connectivity index (χ1) is 11.6. The maximum Gasteiger partial charge on any atom is 0.255 e. The van der Waals surface area contributed by atoms with Gasteiger partial charge in [0.25, 0.3) is 5.91 Å². The third kappa shape index (κ3) is 5.59. The molecule has 0 unspecified atom stereocenters. The lowest BCUT2D eigenvalue weighted by molar-refractivity contribution is 0.0949. The summed E-state index contributed by atoms with van der Waals surface area (Å²) in [4.78, 5) is 14.4. The molecule has 24 heavy (non-hydrogen) atoms. The SMILES string of the molecule is CN(C)CCOc1ccccc1C(=O)NCCc1ccc(N)cc1. The minimum absolute atomic E-state index is 0.120. The van der Waals surface area contributed by atoms with Crippen LogP contribution in [-0.4, -0.2) is 44.6 Å². The summed E-state index contributed by atoms with van der Waals surface area (Å²) in [5.74, 6) is 0.496.